The third kappa shape index (κ3) is 1.49. The Bertz CT molecular complexity index is 694. The lowest BCUT2D eigenvalue weighted by Gasteiger charge is -2.04. The third-order valence-corrected chi connectivity index (χ3v) is 3.47. The molecule has 0 unspecified atom stereocenters. The van der Waals surface area contributed by atoms with E-state index < -0.39 is 0 Å². The molecule has 0 fully saturated rings. The first-order valence-corrected chi connectivity index (χ1v) is 6.05. The van der Waals surface area contributed by atoms with Crippen LogP contribution in [0.4, 0.5) is 0 Å². The highest BCUT2D eigenvalue weighted by atomic mass is 79.9. The fraction of sp³-hybridized carbons (Fsp3) is 0. The van der Waals surface area contributed by atoms with E-state index in [-0.39, 0.29) is 0 Å². The minimum Gasteiger partial charge on any atom is -0.244 e. The Balaban J connectivity index is 2.55. The molecule has 0 spiro atoms. The highest BCUT2D eigenvalue weighted by molar-refractivity contribution is 9.10. The zero-order valence-electron chi connectivity index (χ0n) is 8.24. The van der Waals surface area contributed by atoms with Crippen molar-refractivity contribution in [3.05, 3.63) is 52.2 Å². The smallest absolute Gasteiger partial charge is 0.136 e. The molecular weight excluding hydrogens is 286 g/mol. The second kappa shape index (κ2) is 3.72. The van der Waals surface area contributed by atoms with Crippen molar-refractivity contribution in [1.82, 2.24) is 4.98 Å². The first-order valence-electron chi connectivity index (χ1n) is 4.88. The highest BCUT2D eigenvalue weighted by Gasteiger charge is 2.04. The number of fused-ring (bicyclic) bond motifs is 3. The van der Waals surface area contributed by atoms with Crippen LogP contribution in [0.2, 0.25) is 5.15 Å². The van der Waals surface area contributed by atoms with E-state index in [2.05, 4.69) is 39.1 Å². The quantitative estimate of drug-likeness (QED) is 0.428. The largest absolute Gasteiger partial charge is 0.244 e. The summed E-state index contributed by atoms with van der Waals surface area (Å²) in [6.45, 7) is 0. The summed E-state index contributed by atoms with van der Waals surface area (Å²) in [6, 6.07) is 12.3. The van der Waals surface area contributed by atoms with Gasteiger partial charge in [0.2, 0.25) is 0 Å². The lowest BCUT2D eigenvalue weighted by molar-refractivity contribution is 1.37. The summed E-state index contributed by atoms with van der Waals surface area (Å²) >= 11 is 9.54. The zero-order valence-corrected chi connectivity index (χ0v) is 10.6. The maximum atomic E-state index is 6.07. The van der Waals surface area contributed by atoms with Gasteiger partial charge in [-0.1, -0.05) is 45.7 Å². The van der Waals surface area contributed by atoms with Crippen molar-refractivity contribution in [3.8, 4) is 0 Å². The molecule has 78 valence electrons. The van der Waals surface area contributed by atoms with Crippen LogP contribution in [0.1, 0.15) is 0 Å². The van der Waals surface area contributed by atoms with Crippen LogP contribution in [0.25, 0.3) is 21.5 Å². The van der Waals surface area contributed by atoms with Gasteiger partial charge in [-0.15, -0.1) is 0 Å². The summed E-state index contributed by atoms with van der Waals surface area (Å²) in [6.07, 6.45) is 1.74. The van der Waals surface area contributed by atoms with Gasteiger partial charge in [0.25, 0.3) is 0 Å². The van der Waals surface area contributed by atoms with Crippen molar-refractivity contribution >= 4 is 49.1 Å². The number of halogens is 2. The van der Waals surface area contributed by atoms with E-state index in [1.807, 2.05) is 18.2 Å². The number of hydrogen-bond donors (Lipinski definition) is 0. The predicted octanol–water partition coefficient (Wildman–Crippen LogP) is 4.80. The van der Waals surface area contributed by atoms with Crippen molar-refractivity contribution in [2.45, 2.75) is 0 Å². The molecule has 1 nitrogen and oxygen atoms in total. The van der Waals surface area contributed by atoms with E-state index in [9.17, 15) is 0 Å². The number of hydrogen-bond acceptors (Lipinski definition) is 1. The average molecular weight is 293 g/mol. The molecule has 2 aromatic carbocycles. The number of aromatic nitrogens is 1. The Hall–Kier alpha value is -1.12. The van der Waals surface area contributed by atoms with Gasteiger partial charge in [-0.2, -0.15) is 0 Å². The van der Waals surface area contributed by atoms with Gasteiger partial charge in [-0.3, -0.25) is 0 Å². The summed E-state index contributed by atoms with van der Waals surface area (Å²) in [5.41, 5.74) is 0. The molecule has 0 aliphatic carbocycles. The second-order valence-electron chi connectivity index (χ2n) is 3.63. The predicted molar refractivity (Wildman–Crippen MR) is 72.0 cm³/mol. The van der Waals surface area contributed by atoms with Gasteiger partial charge in [0.05, 0.1) is 0 Å². The van der Waals surface area contributed by atoms with Crippen LogP contribution in [0.3, 0.4) is 0 Å². The Morgan fingerprint density at radius 2 is 1.75 bits per heavy atom. The molecule has 0 aliphatic heterocycles. The molecule has 0 amide bonds. The summed E-state index contributed by atoms with van der Waals surface area (Å²) in [5.74, 6) is 0. The Kier molecular flexibility index (Phi) is 2.34. The van der Waals surface area contributed by atoms with Gasteiger partial charge < -0.3 is 0 Å². The molecule has 0 saturated heterocycles. The SMILES string of the molecule is Clc1nccc2c1ccc1cc(Br)ccc12. The summed E-state index contributed by atoms with van der Waals surface area (Å²) < 4.78 is 1.08. The number of rotatable bonds is 0. The lowest BCUT2D eigenvalue weighted by Crippen LogP contribution is -1.81. The van der Waals surface area contributed by atoms with E-state index >= 15 is 0 Å². The molecule has 0 bridgehead atoms. The molecule has 0 N–H and O–H groups in total. The maximum Gasteiger partial charge on any atom is 0.136 e. The third-order valence-electron chi connectivity index (χ3n) is 2.67. The van der Waals surface area contributed by atoms with E-state index in [0.717, 1.165) is 15.2 Å². The maximum absolute atomic E-state index is 6.07. The monoisotopic (exact) mass is 291 g/mol. The highest BCUT2D eigenvalue weighted by Crippen LogP contribution is 2.30. The van der Waals surface area contributed by atoms with E-state index in [1.165, 1.54) is 10.8 Å². The minimum atomic E-state index is 0.558. The normalized spacial score (nSPS) is 11.1. The van der Waals surface area contributed by atoms with Gasteiger partial charge in [-0.25, -0.2) is 4.98 Å². The van der Waals surface area contributed by atoms with Gasteiger partial charge in [0, 0.05) is 16.1 Å². The molecule has 3 heteroatoms. The molecule has 1 heterocycles. The summed E-state index contributed by atoms with van der Waals surface area (Å²) in [5, 5.41) is 5.10. The molecule has 3 aromatic rings. The first kappa shape index (κ1) is 10.1. The van der Waals surface area contributed by atoms with Crippen molar-refractivity contribution in [2.75, 3.05) is 0 Å². The van der Waals surface area contributed by atoms with Crippen molar-refractivity contribution in [3.63, 3.8) is 0 Å². The van der Waals surface area contributed by atoms with E-state index in [1.54, 1.807) is 6.20 Å². The fourth-order valence-corrected chi connectivity index (χ4v) is 2.53. The molecular formula is C13H7BrClN. The van der Waals surface area contributed by atoms with Gasteiger partial charge in [0.1, 0.15) is 5.15 Å². The Morgan fingerprint density at radius 1 is 0.938 bits per heavy atom. The number of benzene rings is 2. The van der Waals surface area contributed by atoms with Crippen LogP contribution in [0, 0.1) is 0 Å². The standard InChI is InChI=1S/C13H7BrClN/c14-9-2-4-10-8(7-9)1-3-12-11(10)5-6-16-13(12)15/h1-7H. The molecule has 16 heavy (non-hydrogen) atoms. The van der Waals surface area contributed by atoms with Gasteiger partial charge >= 0.3 is 0 Å². The molecule has 0 radical (unpaired) electrons. The van der Waals surface area contributed by atoms with Crippen molar-refractivity contribution < 1.29 is 0 Å². The number of nitrogens with zero attached hydrogens (tertiary/aromatic N) is 1. The fourth-order valence-electron chi connectivity index (χ4n) is 1.93. The number of pyridine rings is 1. The summed E-state index contributed by atoms with van der Waals surface area (Å²) in [4.78, 5) is 4.09. The van der Waals surface area contributed by atoms with Crippen molar-refractivity contribution in [1.29, 1.82) is 0 Å². The Labute approximate surface area is 106 Å². The van der Waals surface area contributed by atoms with Crippen LogP contribution in [-0.4, -0.2) is 4.98 Å². The molecule has 1 aromatic heterocycles. The molecule has 0 saturated carbocycles. The topological polar surface area (TPSA) is 12.9 Å². The molecule has 0 atom stereocenters. The van der Waals surface area contributed by atoms with Crippen LogP contribution in [0.5, 0.6) is 0 Å². The van der Waals surface area contributed by atoms with Gasteiger partial charge in [0.15, 0.2) is 0 Å². The van der Waals surface area contributed by atoms with Crippen LogP contribution < -0.4 is 0 Å². The average Bonchev–Trinajstić information content (AvgIpc) is 2.28. The molecule has 0 aliphatic rings. The van der Waals surface area contributed by atoms with Crippen LogP contribution in [-0.2, 0) is 0 Å². The van der Waals surface area contributed by atoms with Crippen LogP contribution >= 0.6 is 27.5 Å². The van der Waals surface area contributed by atoms with Crippen molar-refractivity contribution in [2.24, 2.45) is 0 Å². The molecule has 3 rings (SSSR count). The lowest BCUT2D eigenvalue weighted by atomic mass is 10.0. The second-order valence-corrected chi connectivity index (χ2v) is 4.90. The van der Waals surface area contributed by atoms with E-state index in [0.29, 0.717) is 5.15 Å². The Morgan fingerprint density at radius 3 is 2.62 bits per heavy atom. The van der Waals surface area contributed by atoms with Gasteiger partial charge in [-0.05, 0) is 34.4 Å². The first-order chi connectivity index (χ1) is 7.75. The van der Waals surface area contributed by atoms with Crippen LogP contribution in [0.15, 0.2) is 47.1 Å². The minimum absolute atomic E-state index is 0.558. The summed E-state index contributed by atoms with van der Waals surface area (Å²) in [7, 11) is 0. The van der Waals surface area contributed by atoms with E-state index in [4.69, 9.17) is 11.6 Å². The zero-order chi connectivity index (χ0) is 11.1.